The van der Waals surface area contributed by atoms with E-state index < -0.39 is 0 Å². The quantitative estimate of drug-likeness (QED) is 0.855. The maximum absolute atomic E-state index is 6.08. The number of nitrogens with one attached hydrogen (secondary N) is 1. The Balaban J connectivity index is 2.12. The lowest BCUT2D eigenvalue weighted by atomic mass is 9.74. The lowest BCUT2D eigenvalue weighted by Crippen LogP contribution is -2.49. The molecule has 106 valence electrons. The highest BCUT2D eigenvalue weighted by Crippen LogP contribution is 2.36. The maximum atomic E-state index is 6.08. The average molecular weight is 262 g/mol. The highest BCUT2D eigenvalue weighted by Gasteiger charge is 2.34. The lowest BCUT2D eigenvalue weighted by Gasteiger charge is -2.41. The number of methoxy groups -OCH3 is 1. The second-order valence-corrected chi connectivity index (χ2v) is 5.71. The van der Waals surface area contributed by atoms with Gasteiger partial charge in [-0.2, -0.15) is 0 Å². The highest BCUT2D eigenvalue weighted by atomic mass is 16.5. The molecule has 0 radical (unpaired) electrons. The Morgan fingerprint density at radius 3 is 3.00 bits per heavy atom. The van der Waals surface area contributed by atoms with E-state index in [9.17, 15) is 0 Å². The summed E-state index contributed by atoms with van der Waals surface area (Å²) in [5.74, 6) is 1.69. The van der Waals surface area contributed by atoms with E-state index in [-0.39, 0.29) is 5.54 Å². The third-order valence-electron chi connectivity index (χ3n) is 4.39. The molecular weight excluding hydrogens is 236 g/mol. The highest BCUT2D eigenvalue weighted by molar-refractivity contribution is 5.50. The van der Waals surface area contributed by atoms with Crippen molar-refractivity contribution in [3.05, 3.63) is 24.3 Å². The molecule has 0 spiro atoms. The van der Waals surface area contributed by atoms with Gasteiger partial charge in [0, 0.05) is 23.8 Å². The van der Waals surface area contributed by atoms with E-state index in [1.54, 1.807) is 7.11 Å². The van der Waals surface area contributed by atoms with Gasteiger partial charge in [0.15, 0.2) is 0 Å². The fourth-order valence-corrected chi connectivity index (χ4v) is 3.19. The summed E-state index contributed by atoms with van der Waals surface area (Å²) in [6.45, 7) is 2.98. The molecule has 0 amide bonds. The number of rotatable bonds is 5. The molecule has 1 aliphatic carbocycles. The van der Waals surface area contributed by atoms with Crippen LogP contribution in [0.4, 0.5) is 5.69 Å². The van der Waals surface area contributed by atoms with Crippen LogP contribution in [0.1, 0.15) is 39.0 Å². The van der Waals surface area contributed by atoms with E-state index in [4.69, 9.17) is 10.5 Å². The topological polar surface area (TPSA) is 47.3 Å². The van der Waals surface area contributed by atoms with Crippen molar-refractivity contribution in [3.63, 3.8) is 0 Å². The van der Waals surface area contributed by atoms with Crippen molar-refractivity contribution in [2.75, 3.05) is 19.0 Å². The first-order valence-electron chi connectivity index (χ1n) is 7.33. The van der Waals surface area contributed by atoms with Crippen LogP contribution in [0.15, 0.2) is 24.3 Å². The van der Waals surface area contributed by atoms with E-state index in [1.165, 1.54) is 25.7 Å². The van der Waals surface area contributed by atoms with Gasteiger partial charge in [0.1, 0.15) is 5.75 Å². The second-order valence-electron chi connectivity index (χ2n) is 5.71. The van der Waals surface area contributed by atoms with Crippen molar-refractivity contribution in [2.45, 2.75) is 44.6 Å². The normalized spacial score (nSPS) is 27.0. The first-order chi connectivity index (χ1) is 9.21. The Kier molecular flexibility index (Phi) is 4.70. The fraction of sp³-hybridized carbons (Fsp3) is 0.625. The number of ether oxygens (including phenoxy) is 1. The van der Waals surface area contributed by atoms with E-state index in [0.717, 1.165) is 23.8 Å². The minimum absolute atomic E-state index is 0.0608. The lowest BCUT2D eigenvalue weighted by molar-refractivity contribution is 0.244. The van der Waals surface area contributed by atoms with E-state index >= 15 is 0 Å². The molecule has 1 fully saturated rings. The van der Waals surface area contributed by atoms with Crippen molar-refractivity contribution in [2.24, 2.45) is 11.7 Å². The maximum Gasteiger partial charge on any atom is 0.120 e. The first-order valence-corrected chi connectivity index (χ1v) is 7.33. The summed E-state index contributed by atoms with van der Waals surface area (Å²) in [6, 6.07) is 8.13. The molecule has 2 unspecified atom stereocenters. The van der Waals surface area contributed by atoms with Crippen LogP contribution in [0.3, 0.4) is 0 Å². The van der Waals surface area contributed by atoms with Crippen LogP contribution in [0, 0.1) is 5.92 Å². The van der Waals surface area contributed by atoms with Gasteiger partial charge < -0.3 is 15.8 Å². The number of benzene rings is 1. The van der Waals surface area contributed by atoms with Crippen LogP contribution in [0.2, 0.25) is 0 Å². The summed E-state index contributed by atoms with van der Waals surface area (Å²) < 4.78 is 5.28. The van der Waals surface area contributed by atoms with Crippen molar-refractivity contribution in [1.82, 2.24) is 0 Å². The van der Waals surface area contributed by atoms with Gasteiger partial charge in [-0.3, -0.25) is 0 Å². The van der Waals surface area contributed by atoms with Crippen LogP contribution in [-0.2, 0) is 0 Å². The average Bonchev–Trinajstić information content (AvgIpc) is 2.47. The summed E-state index contributed by atoms with van der Waals surface area (Å²) in [7, 11) is 1.70. The molecule has 0 aromatic heterocycles. The molecule has 0 saturated heterocycles. The molecule has 1 aliphatic rings. The van der Waals surface area contributed by atoms with Crippen molar-refractivity contribution in [1.29, 1.82) is 0 Å². The molecule has 1 aromatic rings. The van der Waals surface area contributed by atoms with Crippen molar-refractivity contribution >= 4 is 5.69 Å². The minimum atomic E-state index is 0.0608. The molecule has 19 heavy (non-hydrogen) atoms. The Morgan fingerprint density at radius 1 is 1.47 bits per heavy atom. The van der Waals surface area contributed by atoms with Crippen molar-refractivity contribution in [3.8, 4) is 5.75 Å². The molecule has 0 heterocycles. The molecule has 2 atom stereocenters. The molecule has 3 N–H and O–H groups in total. The zero-order valence-electron chi connectivity index (χ0n) is 12.1. The van der Waals surface area contributed by atoms with Gasteiger partial charge in [0.05, 0.1) is 7.11 Å². The van der Waals surface area contributed by atoms with Gasteiger partial charge in [0.25, 0.3) is 0 Å². The Labute approximate surface area is 116 Å². The van der Waals surface area contributed by atoms with Gasteiger partial charge in [-0.15, -0.1) is 0 Å². The fourth-order valence-electron chi connectivity index (χ4n) is 3.19. The smallest absolute Gasteiger partial charge is 0.120 e. The standard InChI is InChI=1S/C16H26N2O/c1-3-13-6-5-9-16(11-13,12-17)18-14-7-4-8-15(10-14)19-2/h4,7-8,10,13,18H,3,5-6,9,11-12,17H2,1-2H3. The minimum Gasteiger partial charge on any atom is -0.497 e. The largest absolute Gasteiger partial charge is 0.497 e. The molecule has 0 aliphatic heterocycles. The van der Waals surface area contributed by atoms with Gasteiger partial charge in [-0.05, 0) is 30.9 Å². The summed E-state index contributed by atoms with van der Waals surface area (Å²) >= 11 is 0. The van der Waals surface area contributed by atoms with Gasteiger partial charge in [0.2, 0.25) is 0 Å². The SMILES string of the molecule is CCC1CCCC(CN)(Nc2cccc(OC)c2)C1. The van der Waals surface area contributed by atoms with Crippen LogP contribution >= 0.6 is 0 Å². The molecule has 2 rings (SSSR count). The van der Waals surface area contributed by atoms with Crippen LogP contribution < -0.4 is 15.8 Å². The van der Waals surface area contributed by atoms with E-state index in [2.05, 4.69) is 18.3 Å². The molecule has 1 aromatic carbocycles. The third-order valence-corrected chi connectivity index (χ3v) is 4.39. The molecular formula is C16H26N2O. The molecule has 0 bridgehead atoms. The second kappa shape index (κ2) is 6.29. The predicted molar refractivity (Wildman–Crippen MR) is 80.7 cm³/mol. The monoisotopic (exact) mass is 262 g/mol. The van der Waals surface area contributed by atoms with Crippen molar-refractivity contribution < 1.29 is 4.74 Å². The number of hydrogen-bond acceptors (Lipinski definition) is 3. The van der Waals surface area contributed by atoms with Crippen LogP contribution in [0.25, 0.3) is 0 Å². The van der Waals surface area contributed by atoms with Crippen LogP contribution in [0.5, 0.6) is 5.75 Å². The summed E-state index contributed by atoms with van der Waals surface area (Å²) in [5.41, 5.74) is 7.25. The molecule has 3 nitrogen and oxygen atoms in total. The summed E-state index contributed by atoms with van der Waals surface area (Å²) in [6.07, 6.45) is 6.21. The first kappa shape index (κ1) is 14.2. The zero-order chi connectivity index (χ0) is 13.7. The number of anilines is 1. The van der Waals surface area contributed by atoms with Gasteiger partial charge in [-0.1, -0.05) is 32.3 Å². The molecule has 1 saturated carbocycles. The third kappa shape index (κ3) is 3.41. The Morgan fingerprint density at radius 2 is 2.32 bits per heavy atom. The number of nitrogens with two attached hydrogens (primary N) is 1. The molecule has 3 heteroatoms. The van der Waals surface area contributed by atoms with Crippen LogP contribution in [-0.4, -0.2) is 19.2 Å². The van der Waals surface area contributed by atoms with Gasteiger partial charge in [-0.25, -0.2) is 0 Å². The number of hydrogen-bond donors (Lipinski definition) is 2. The summed E-state index contributed by atoms with van der Waals surface area (Å²) in [5, 5.41) is 3.68. The van der Waals surface area contributed by atoms with E-state index in [0.29, 0.717) is 6.54 Å². The Hall–Kier alpha value is -1.22. The van der Waals surface area contributed by atoms with E-state index in [1.807, 2.05) is 18.2 Å². The van der Waals surface area contributed by atoms with Gasteiger partial charge >= 0.3 is 0 Å². The Bertz CT molecular complexity index is 407. The summed E-state index contributed by atoms with van der Waals surface area (Å²) in [4.78, 5) is 0. The zero-order valence-corrected chi connectivity index (χ0v) is 12.1. The predicted octanol–water partition coefficient (Wildman–Crippen LogP) is 3.40.